The number of fused-ring (bicyclic) bond motifs is 11. The van der Waals surface area contributed by atoms with Crippen LogP contribution in [0.1, 0.15) is 52.7 Å². The van der Waals surface area contributed by atoms with Crippen LogP contribution in [0.15, 0.2) is 127 Å². The first-order chi connectivity index (χ1) is 24.5. The molecule has 248 valence electrons. The molecule has 8 bridgehead atoms. The van der Waals surface area contributed by atoms with Crippen molar-refractivity contribution >= 4 is 21.8 Å². The monoisotopic (exact) mass is 660 g/mol. The van der Waals surface area contributed by atoms with Crippen molar-refractivity contribution in [3.05, 3.63) is 139 Å². The van der Waals surface area contributed by atoms with Crippen LogP contribution in [0.4, 0.5) is 0 Å². The quantitative estimate of drug-likeness (QED) is 0.201. The van der Waals surface area contributed by atoms with Gasteiger partial charge in [-0.25, -0.2) is 15.0 Å². The van der Waals surface area contributed by atoms with Crippen LogP contribution in [0.3, 0.4) is 0 Å². The third-order valence-corrected chi connectivity index (χ3v) is 10.3. The molecule has 5 heterocycles. The van der Waals surface area contributed by atoms with E-state index in [1.54, 1.807) is 0 Å². The number of aromatic nitrogens is 4. The average Bonchev–Trinajstić information content (AvgIpc) is 3.52. The molecule has 0 aliphatic carbocycles. The lowest BCUT2D eigenvalue weighted by Crippen LogP contribution is -2.11. The Morgan fingerprint density at radius 1 is 0.373 bits per heavy atom. The van der Waals surface area contributed by atoms with Gasteiger partial charge < -0.3 is 4.98 Å². The number of benzene rings is 4. The smallest absolute Gasteiger partial charge is 0.0900 e. The van der Waals surface area contributed by atoms with Gasteiger partial charge in [-0.2, -0.15) is 0 Å². The molecule has 4 nitrogen and oxygen atoms in total. The second-order valence-electron chi connectivity index (χ2n) is 15.9. The Labute approximate surface area is 299 Å². The van der Waals surface area contributed by atoms with E-state index in [0.29, 0.717) is 0 Å². The number of aromatic amines is 1. The molecule has 0 saturated heterocycles. The van der Waals surface area contributed by atoms with E-state index >= 15 is 0 Å². The van der Waals surface area contributed by atoms with Crippen molar-refractivity contribution in [2.24, 2.45) is 0 Å². The molecule has 4 heteroatoms. The Morgan fingerprint density at radius 2 is 0.784 bits per heavy atom. The molecule has 1 aliphatic rings. The average molecular weight is 661 g/mol. The van der Waals surface area contributed by atoms with Crippen molar-refractivity contribution in [1.29, 1.82) is 0 Å². The maximum absolute atomic E-state index is 5.35. The van der Waals surface area contributed by atoms with Crippen LogP contribution in [0.2, 0.25) is 0 Å². The summed E-state index contributed by atoms with van der Waals surface area (Å²) < 4.78 is 0. The molecule has 1 aliphatic heterocycles. The van der Waals surface area contributed by atoms with Crippen LogP contribution in [-0.4, -0.2) is 19.9 Å². The minimum Gasteiger partial charge on any atom is -0.353 e. The highest BCUT2D eigenvalue weighted by Crippen LogP contribution is 2.43. The fourth-order valence-electron chi connectivity index (χ4n) is 7.27. The molecule has 9 rings (SSSR count). The fourth-order valence-corrected chi connectivity index (χ4v) is 7.27. The molecule has 4 aromatic carbocycles. The molecule has 4 aromatic heterocycles. The van der Waals surface area contributed by atoms with Crippen LogP contribution in [0, 0.1) is 0 Å². The predicted molar refractivity (Wildman–Crippen MR) is 213 cm³/mol. The van der Waals surface area contributed by atoms with Gasteiger partial charge in [0.1, 0.15) is 0 Å². The highest BCUT2D eigenvalue weighted by molar-refractivity contribution is 6.15. The summed E-state index contributed by atoms with van der Waals surface area (Å²) in [5.74, 6) is 0. The molecule has 0 radical (unpaired) electrons. The molecule has 0 fully saturated rings. The lowest BCUT2D eigenvalue weighted by Gasteiger charge is -2.21. The lowest BCUT2D eigenvalue weighted by molar-refractivity contribution is 0.590. The van der Waals surface area contributed by atoms with Crippen molar-refractivity contribution in [2.45, 2.75) is 52.4 Å². The number of H-pyrrole nitrogens is 1. The van der Waals surface area contributed by atoms with Crippen molar-refractivity contribution in [3.8, 4) is 67.5 Å². The standard InChI is InChI=1S/C47H40N4/c1-46(2,3)32-24-34-35-25-33(47(4,5)6)27-37-39-15-11-17-41(49-39)43-23-31(30-20-18-29(19-21-30)28-12-8-7-9-13-28)22-42(50-43)40-16-10-14-38(48-40)36(26-32)44(34)51-45(35)37/h7-27,51H,1-6H3. The number of hydrogen-bond donors (Lipinski definition) is 1. The maximum Gasteiger partial charge on any atom is 0.0900 e. The van der Waals surface area contributed by atoms with Crippen molar-refractivity contribution < 1.29 is 0 Å². The van der Waals surface area contributed by atoms with E-state index in [0.717, 1.165) is 67.5 Å². The summed E-state index contributed by atoms with van der Waals surface area (Å²) in [6.45, 7) is 13.7. The Hall–Kier alpha value is -5.87. The van der Waals surface area contributed by atoms with Crippen LogP contribution in [0.5, 0.6) is 0 Å². The van der Waals surface area contributed by atoms with Gasteiger partial charge in [0, 0.05) is 21.9 Å². The number of nitrogens with zero attached hydrogens (tertiary/aromatic N) is 3. The summed E-state index contributed by atoms with van der Waals surface area (Å²) >= 11 is 0. The van der Waals surface area contributed by atoms with Crippen molar-refractivity contribution in [1.82, 2.24) is 19.9 Å². The van der Waals surface area contributed by atoms with Gasteiger partial charge in [-0.05, 0) is 105 Å². The Balaban J connectivity index is 1.35. The zero-order valence-corrected chi connectivity index (χ0v) is 30.0. The van der Waals surface area contributed by atoms with Crippen LogP contribution in [-0.2, 0) is 10.8 Å². The minimum absolute atomic E-state index is 0.0612. The van der Waals surface area contributed by atoms with E-state index in [1.165, 1.54) is 33.0 Å². The van der Waals surface area contributed by atoms with Gasteiger partial charge in [-0.3, -0.25) is 0 Å². The summed E-state index contributed by atoms with van der Waals surface area (Å²) in [4.78, 5) is 19.8. The molecule has 8 aromatic rings. The summed E-state index contributed by atoms with van der Waals surface area (Å²) in [6, 6.07) is 45.6. The van der Waals surface area contributed by atoms with Crippen molar-refractivity contribution in [3.63, 3.8) is 0 Å². The highest BCUT2D eigenvalue weighted by Gasteiger charge is 2.24. The summed E-state index contributed by atoms with van der Waals surface area (Å²) in [5, 5.41) is 2.41. The Bertz CT molecular complexity index is 2490. The van der Waals surface area contributed by atoms with Gasteiger partial charge >= 0.3 is 0 Å². The minimum atomic E-state index is -0.0612. The molecule has 0 atom stereocenters. The van der Waals surface area contributed by atoms with Gasteiger partial charge in [-0.15, -0.1) is 0 Å². The molecule has 0 unspecified atom stereocenters. The first-order valence-electron chi connectivity index (χ1n) is 17.8. The van der Waals surface area contributed by atoms with Gasteiger partial charge in [0.15, 0.2) is 0 Å². The zero-order chi connectivity index (χ0) is 35.1. The van der Waals surface area contributed by atoms with E-state index in [9.17, 15) is 0 Å². The topological polar surface area (TPSA) is 54.5 Å². The zero-order valence-electron chi connectivity index (χ0n) is 30.0. The second-order valence-corrected chi connectivity index (χ2v) is 15.9. The molecular weight excluding hydrogens is 621 g/mol. The molecule has 51 heavy (non-hydrogen) atoms. The first-order valence-corrected chi connectivity index (χ1v) is 17.8. The molecule has 0 saturated carbocycles. The predicted octanol–water partition coefficient (Wildman–Crippen LogP) is 12.4. The fraction of sp³-hybridized carbons (Fsp3) is 0.170. The lowest BCUT2D eigenvalue weighted by atomic mass is 9.83. The SMILES string of the molecule is CC(C)(C)c1cc2c3[nH]c4c(cc(C(C)(C)C)cc4c3c1)-c1cccc(n1)-c1cc(-c3ccc(-c4ccccc4)cc3)cc(n1)-c1cccc-2n1. The third kappa shape index (κ3) is 5.43. The summed E-state index contributed by atoms with van der Waals surface area (Å²) in [7, 11) is 0. The normalized spacial score (nSPS) is 12.5. The number of nitrogens with one attached hydrogen (secondary N) is 1. The molecule has 1 N–H and O–H groups in total. The first kappa shape index (κ1) is 31.1. The van der Waals surface area contributed by atoms with E-state index in [2.05, 4.69) is 174 Å². The van der Waals surface area contributed by atoms with E-state index < -0.39 is 0 Å². The summed E-state index contributed by atoms with van der Waals surface area (Å²) in [5.41, 5.74) is 16.5. The van der Waals surface area contributed by atoms with Crippen LogP contribution >= 0.6 is 0 Å². The summed E-state index contributed by atoms with van der Waals surface area (Å²) in [6.07, 6.45) is 0. The number of pyridine rings is 3. The highest BCUT2D eigenvalue weighted by atomic mass is 14.8. The van der Waals surface area contributed by atoms with E-state index in [-0.39, 0.29) is 10.8 Å². The Morgan fingerprint density at radius 3 is 1.25 bits per heavy atom. The second kappa shape index (κ2) is 11.3. The van der Waals surface area contributed by atoms with Gasteiger partial charge in [0.25, 0.3) is 0 Å². The van der Waals surface area contributed by atoms with Gasteiger partial charge in [0.05, 0.1) is 45.2 Å². The van der Waals surface area contributed by atoms with Gasteiger partial charge in [0.2, 0.25) is 0 Å². The largest absolute Gasteiger partial charge is 0.353 e. The number of rotatable bonds is 2. The molecular formula is C47H40N4. The van der Waals surface area contributed by atoms with E-state index in [1.807, 2.05) is 0 Å². The number of hydrogen-bond acceptors (Lipinski definition) is 3. The van der Waals surface area contributed by atoms with Crippen LogP contribution < -0.4 is 0 Å². The molecule has 0 amide bonds. The Kier molecular flexibility index (Phi) is 6.92. The third-order valence-electron chi connectivity index (χ3n) is 10.3. The van der Waals surface area contributed by atoms with Crippen LogP contribution in [0.25, 0.3) is 89.4 Å². The maximum atomic E-state index is 5.35. The van der Waals surface area contributed by atoms with E-state index in [4.69, 9.17) is 15.0 Å². The molecule has 0 spiro atoms. The van der Waals surface area contributed by atoms with Gasteiger partial charge in [-0.1, -0.05) is 108 Å². The van der Waals surface area contributed by atoms with Crippen molar-refractivity contribution in [2.75, 3.05) is 0 Å².